The number of aryl methyl sites for hydroxylation is 1. The third-order valence-corrected chi connectivity index (χ3v) is 2.56. The first kappa shape index (κ1) is 13.9. The molecule has 0 bridgehead atoms. The van der Waals surface area contributed by atoms with Crippen molar-refractivity contribution in [2.24, 2.45) is 0 Å². The molecule has 0 saturated carbocycles. The number of hydrogen-bond donors (Lipinski definition) is 0. The summed E-state index contributed by atoms with van der Waals surface area (Å²) in [6.07, 6.45) is 0.416. The number of carbonyl (C=O) groups excluding carboxylic acids is 1. The quantitative estimate of drug-likeness (QED) is 0.784. The van der Waals surface area contributed by atoms with Crippen molar-refractivity contribution in [2.75, 3.05) is 7.11 Å². The maximum absolute atomic E-state index is 12.2. The summed E-state index contributed by atoms with van der Waals surface area (Å²) in [7, 11) is 1.28. The summed E-state index contributed by atoms with van der Waals surface area (Å²) in [6.45, 7) is -2.89. The molecule has 0 aliphatic carbocycles. The lowest BCUT2D eigenvalue weighted by Crippen LogP contribution is -2.07. The van der Waals surface area contributed by atoms with Crippen molar-refractivity contribution in [3.63, 3.8) is 0 Å². The van der Waals surface area contributed by atoms with Crippen LogP contribution in [0.5, 0.6) is 5.75 Å². The van der Waals surface area contributed by atoms with E-state index in [1.54, 1.807) is 12.1 Å². The fraction of sp³-hybridized carbons (Fsp3) is 0.364. The summed E-state index contributed by atoms with van der Waals surface area (Å²) in [6, 6.07) is 4.77. The van der Waals surface area contributed by atoms with E-state index in [-0.39, 0.29) is 12.2 Å². The zero-order valence-electron chi connectivity index (χ0n) is 9.08. The molecule has 0 saturated heterocycles. The fourth-order valence-corrected chi connectivity index (χ4v) is 1.62. The molecule has 0 amide bonds. The molecule has 1 rings (SSSR count). The molecule has 1 aromatic carbocycles. The van der Waals surface area contributed by atoms with E-state index in [0.29, 0.717) is 16.5 Å². The number of halogens is 3. The molecule has 0 unspecified atom stereocenters. The van der Waals surface area contributed by atoms with Crippen LogP contribution in [0, 0.1) is 0 Å². The van der Waals surface area contributed by atoms with Crippen molar-refractivity contribution >= 4 is 21.9 Å². The van der Waals surface area contributed by atoms with Crippen molar-refractivity contribution in [1.29, 1.82) is 0 Å². The molecule has 0 fully saturated rings. The molecule has 17 heavy (non-hydrogen) atoms. The number of alkyl halides is 2. The standard InChI is InChI=1S/C11H11BrF2O3/c1-16-10(15)5-3-7-2-4-8(12)6-9(7)17-11(13)14/h2,4,6,11H,3,5H2,1H3. The molecule has 0 aliphatic rings. The average Bonchev–Trinajstić information content (AvgIpc) is 2.26. The Morgan fingerprint density at radius 2 is 2.18 bits per heavy atom. The summed E-state index contributed by atoms with van der Waals surface area (Å²) in [5.74, 6) is -0.325. The maximum Gasteiger partial charge on any atom is 0.387 e. The number of methoxy groups -OCH3 is 1. The van der Waals surface area contributed by atoms with E-state index in [4.69, 9.17) is 0 Å². The Hall–Kier alpha value is -1.17. The van der Waals surface area contributed by atoms with Gasteiger partial charge in [-0.1, -0.05) is 22.0 Å². The van der Waals surface area contributed by atoms with Crippen molar-refractivity contribution in [3.05, 3.63) is 28.2 Å². The lowest BCUT2D eigenvalue weighted by molar-refractivity contribution is -0.140. The van der Waals surface area contributed by atoms with Gasteiger partial charge in [-0.05, 0) is 24.1 Å². The fourth-order valence-electron chi connectivity index (χ4n) is 1.28. The van der Waals surface area contributed by atoms with Crippen molar-refractivity contribution < 1.29 is 23.0 Å². The molecule has 0 spiro atoms. The van der Waals surface area contributed by atoms with Crippen LogP contribution in [0.2, 0.25) is 0 Å². The second-order valence-electron chi connectivity index (χ2n) is 3.21. The van der Waals surface area contributed by atoms with Crippen LogP contribution in [0.4, 0.5) is 8.78 Å². The van der Waals surface area contributed by atoms with Crippen LogP contribution in [0.3, 0.4) is 0 Å². The van der Waals surface area contributed by atoms with E-state index in [2.05, 4.69) is 25.4 Å². The first-order valence-electron chi connectivity index (χ1n) is 4.83. The highest BCUT2D eigenvalue weighted by Crippen LogP contribution is 2.26. The van der Waals surface area contributed by atoms with Crippen molar-refractivity contribution in [3.8, 4) is 5.75 Å². The monoisotopic (exact) mass is 308 g/mol. The Balaban J connectivity index is 2.78. The molecule has 94 valence electrons. The van der Waals surface area contributed by atoms with E-state index in [1.807, 2.05) is 0 Å². The van der Waals surface area contributed by atoms with Gasteiger partial charge in [0.25, 0.3) is 0 Å². The van der Waals surface area contributed by atoms with Crippen molar-refractivity contribution in [2.45, 2.75) is 19.5 Å². The number of hydrogen-bond acceptors (Lipinski definition) is 3. The Morgan fingerprint density at radius 1 is 1.47 bits per heavy atom. The van der Waals surface area contributed by atoms with E-state index in [9.17, 15) is 13.6 Å². The maximum atomic E-state index is 12.2. The van der Waals surface area contributed by atoms with Crippen molar-refractivity contribution in [1.82, 2.24) is 0 Å². The Bertz CT molecular complexity index is 396. The van der Waals surface area contributed by atoms with Gasteiger partial charge < -0.3 is 9.47 Å². The summed E-state index contributed by atoms with van der Waals surface area (Å²) < 4.78 is 33.8. The summed E-state index contributed by atoms with van der Waals surface area (Å²) in [5, 5.41) is 0. The topological polar surface area (TPSA) is 35.5 Å². The molecule has 0 aromatic heterocycles. The summed E-state index contributed by atoms with van der Waals surface area (Å²) in [4.78, 5) is 11.0. The lowest BCUT2D eigenvalue weighted by Gasteiger charge is -2.10. The zero-order chi connectivity index (χ0) is 12.8. The van der Waals surface area contributed by atoms with Crippen LogP contribution in [0.1, 0.15) is 12.0 Å². The highest BCUT2D eigenvalue weighted by atomic mass is 79.9. The Labute approximate surface area is 106 Å². The number of esters is 1. The highest BCUT2D eigenvalue weighted by molar-refractivity contribution is 9.10. The van der Waals surface area contributed by atoms with Crippen LogP contribution < -0.4 is 4.74 Å². The second-order valence-corrected chi connectivity index (χ2v) is 4.12. The number of benzene rings is 1. The Morgan fingerprint density at radius 3 is 2.76 bits per heavy atom. The number of rotatable bonds is 5. The largest absolute Gasteiger partial charge is 0.469 e. The molecule has 0 heterocycles. The molecular weight excluding hydrogens is 298 g/mol. The second kappa shape index (κ2) is 6.54. The molecule has 0 aliphatic heterocycles. The van der Waals surface area contributed by atoms with E-state index in [1.165, 1.54) is 13.2 Å². The smallest absolute Gasteiger partial charge is 0.387 e. The van der Waals surface area contributed by atoms with Gasteiger partial charge in [0.2, 0.25) is 0 Å². The minimum Gasteiger partial charge on any atom is -0.469 e. The van der Waals surface area contributed by atoms with Crippen LogP contribution in [-0.4, -0.2) is 19.7 Å². The third-order valence-electron chi connectivity index (χ3n) is 2.07. The predicted octanol–water partition coefficient (Wildman–Crippen LogP) is 3.16. The first-order chi connectivity index (χ1) is 8.02. The minimum absolute atomic E-state index is 0.0679. The van der Waals surface area contributed by atoms with E-state index >= 15 is 0 Å². The van der Waals surface area contributed by atoms with Crippen LogP contribution in [-0.2, 0) is 16.0 Å². The normalized spacial score (nSPS) is 10.4. The van der Waals surface area contributed by atoms with E-state index in [0.717, 1.165) is 0 Å². The predicted molar refractivity (Wildman–Crippen MR) is 61.1 cm³/mol. The Kier molecular flexibility index (Phi) is 5.34. The lowest BCUT2D eigenvalue weighted by atomic mass is 10.1. The van der Waals surface area contributed by atoms with Gasteiger partial charge in [-0.15, -0.1) is 0 Å². The zero-order valence-corrected chi connectivity index (χ0v) is 10.7. The van der Waals surface area contributed by atoms with Gasteiger partial charge in [-0.25, -0.2) is 0 Å². The van der Waals surface area contributed by atoms with Crippen LogP contribution in [0.15, 0.2) is 22.7 Å². The molecule has 1 aromatic rings. The molecular formula is C11H11BrF2O3. The first-order valence-corrected chi connectivity index (χ1v) is 5.62. The number of carbonyl (C=O) groups is 1. The van der Waals surface area contributed by atoms with Gasteiger partial charge in [0, 0.05) is 10.9 Å². The van der Waals surface area contributed by atoms with Gasteiger partial charge >= 0.3 is 12.6 Å². The van der Waals surface area contributed by atoms with Gasteiger partial charge in [0.05, 0.1) is 7.11 Å². The van der Waals surface area contributed by atoms with Crippen LogP contribution >= 0.6 is 15.9 Å². The van der Waals surface area contributed by atoms with E-state index < -0.39 is 12.6 Å². The molecule has 0 atom stereocenters. The van der Waals surface area contributed by atoms with Gasteiger partial charge in [-0.3, -0.25) is 4.79 Å². The van der Waals surface area contributed by atoms with Gasteiger partial charge in [0.1, 0.15) is 5.75 Å². The molecule has 0 N–H and O–H groups in total. The SMILES string of the molecule is COC(=O)CCc1ccc(Br)cc1OC(F)F. The molecule has 6 heteroatoms. The molecule has 3 nitrogen and oxygen atoms in total. The van der Waals surface area contributed by atoms with Gasteiger partial charge in [-0.2, -0.15) is 8.78 Å². The third kappa shape index (κ3) is 4.68. The number of ether oxygens (including phenoxy) is 2. The summed E-state index contributed by atoms with van der Waals surface area (Å²) >= 11 is 3.16. The highest BCUT2D eigenvalue weighted by Gasteiger charge is 2.11. The molecule has 0 radical (unpaired) electrons. The van der Waals surface area contributed by atoms with Gasteiger partial charge in [0.15, 0.2) is 0 Å². The minimum atomic E-state index is -2.89. The van der Waals surface area contributed by atoms with Crippen LogP contribution in [0.25, 0.3) is 0 Å². The summed E-state index contributed by atoms with van der Waals surface area (Å²) in [5.41, 5.74) is 0.541. The average molecular weight is 309 g/mol.